The number of rotatable bonds is 2. The summed E-state index contributed by atoms with van der Waals surface area (Å²) in [4.78, 5) is 9.03. The SMILES string of the molecule is c1ccc(/N=N/c2ccccc2)cc1.c1ccc2nc3ccccc3nc2c1. The number of aromatic nitrogens is 2. The standard InChI is InChI=1S/C12H8N2.C12H10N2/c1-2-6-10-9(5-1)13-11-7-3-4-8-12(11)14-10;1-3-7-11(8-4-1)13-14-12-9-5-2-6-10-12/h1-8H;1-10H/b;14-13+. The van der Waals surface area contributed by atoms with Gasteiger partial charge in [-0.25, -0.2) is 9.97 Å². The number of hydrogen-bond acceptors (Lipinski definition) is 4. The van der Waals surface area contributed by atoms with Crippen LogP contribution in [0.15, 0.2) is 119 Å². The van der Waals surface area contributed by atoms with Gasteiger partial charge in [-0.2, -0.15) is 10.2 Å². The average molecular weight is 362 g/mol. The molecule has 4 aromatic carbocycles. The Balaban J connectivity index is 0.000000137. The maximum absolute atomic E-state index is 4.52. The summed E-state index contributed by atoms with van der Waals surface area (Å²) < 4.78 is 0. The number of para-hydroxylation sites is 4. The van der Waals surface area contributed by atoms with Gasteiger partial charge >= 0.3 is 0 Å². The summed E-state index contributed by atoms with van der Waals surface area (Å²) in [5.41, 5.74) is 5.54. The molecular formula is C24H18N4. The van der Waals surface area contributed by atoms with Crippen LogP contribution in [-0.4, -0.2) is 9.97 Å². The monoisotopic (exact) mass is 362 g/mol. The van der Waals surface area contributed by atoms with Crippen LogP contribution in [0.1, 0.15) is 0 Å². The molecule has 4 heteroatoms. The van der Waals surface area contributed by atoms with Crippen molar-refractivity contribution in [1.82, 2.24) is 9.97 Å². The molecule has 1 aromatic heterocycles. The molecule has 1 heterocycles. The number of benzene rings is 4. The fourth-order valence-electron chi connectivity index (χ4n) is 2.67. The predicted molar refractivity (Wildman–Crippen MR) is 114 cm³/mol. The Morgan fingerprint density at radius 1 is 0.357 bits per heavy atom. The maximum atomic E-state index is 4.52. The van der Waals surface area contributed by atoms with Crippen LogP contribution < -0.4 is 0 Å². The minimum absolute atomic E-state index is 0.872. The molecule has 0 saturated carbocycles. The molecule has 0 saturated heterocycles. The van der Waals surface area contributed by atoms with Crippen LogP contribution in [0, 0.1) is 0 Å². The van der Waals surface area contributed by atoms with E-state index in [4.69, 9.17) is 0 Å². The summed E-state index contributed by atoms with van der Waals surface area (Å²) in [5.74, 6) is 0. The van der Waals surface area contributed by atoms with Crippen molar-refractivity contribution in [3.63, 3.8) is 0 Å². The molecule has 0 aliphatic rings. The number of fused-ring (bicyclic) bond motifs is 2. The van der Waals surface area contributed by atoms with E-state index in [1.54, 1.807) is 0 Å². The molecular weight excluding hydrogens is 344 g/mol. The van der Waals surface area contributed by atoms with Gasteiger partial charge in [0, 0.05) is 0 Å². The van der Waals surface area contributed by atoms with Crippen molar-refractivity contribution in [2.75, 3.05) is 0 Å². The van der Waals surface area contributed by atoms with Gasteiger partial charge in [-0.15, -0.1) is 0 Å². The van der Waals surface area contributed by atoms with Gasteiger partial charge in [-0.3, -0.25) is 0 Å². The number of hydrogen-bond donors (Lipinski definition) is 0. The van der Waals surface area contributed by atoms with E-state index < -0.39 is 0 Å². The average Bonchev–Trinajstić information content (AvgIpc) is 2.78. The molecule has 0 amide bonds. The molecule has 5 aromatic rings. The molecule has 0 spiro atoms. The van der Waals surface area contributed by atoms with Crippen LogP contribution in [0.25, 0.3) is 22.1 Å². The van der Waals surface area contributed by atoms with E-state index >= 15 is 0 Å². The van der Waals surface area contributed by atoms with Crippen molar-refractivity contribution >= 4 is 33.4 Å². The Morgan fingerprint density at radius 3 is 0.964 bits per heavy atom. The molecule has 5 rings (SSSR count). The topological polar surface area (TPSA) is 50.5 Å². The zero-order chi connectivity index (χ0) is 19.0. The summed E-state index contributed by atoms with van der Waals surface area (Å²) in [6, 6.07) is 35.2. The first-order chi connectivity index (χ1) is 13.9. The number of azo groups is 1. The molecule has 0 bridgehead atoms. The summed E-state index contributed by atoms with van der Waals surface area (Å²) in [6.07, 6.45) is 0. The van der Waals surface area contributed by atoms with Gasteiger partial charge in [0.25, 0.3) is 0 Å². The lowest BCUT2D eigenvalue weighted by atomic mass is 10.2. The van der Waals surface area contributed by atoms with Crippen LogP contribution in [0.4, 0.5) is 11.4 Å². The second kappa shape index (κ2) is 8.64. The molecule has 134 valence electrons. The van der Waals surface area contributed by atoms with Crippen LogP contribution in [0.2, 0.25) is 0 Å². The molecule has 0 fully saturated rings. The molecule has 0 radical (unpaired) electrons. The van der Waals surface area contributed by atoms with Crippen LogP contribution in [-0.2, 0) is 0 Å². The van der Waals surface area contributed by atoms with Crippen molar-refractivity contribution in [3.05, 3.63) is 109 Å². The molecule has 0 unspecified atom stereocenters. The Labute approximate surface area is 163 Å². The van der Waals surface area contributed by atoms with Gasteiger partial charge in [0.15, 0.2) is 0 Å². The van der Waals surface area contributed by atoms with E-state index in [1.165, 1.54) is 0 Å². The highest BCUT2D eigenvalue weighted by Crippen LogP contribution is 2.17. The molecule has 0 atom stereocenters. The van der Waals surface area contributed by atoms with Gasteiger partial charge in [0.2, 0.25) is 0 Å². The smallest absolute Gasteiger partial charge is 0.0894 e. The Morgan fingerprint density at radius 2 is 0.643 bits per heavy atom. The van der Waals surface area contributed by atoms with Crippen molar-refractivity contribution in [2.45, 2.75) is 0 Å². The minimum Gasteiger partial charge on any atom is -0.245 e. The minimum atomic E-state index is 0.872. The van der Waals surface area contributed by atoms with Gasteiger partial charge < -0.3 is 0 Å². The van der Waals surface area contributed by atoms with E-state index in [-0.39, 0.29) is 0 Å². The highest BCUT2D eigenvalue weighted by atomic mass is 15.1. The highest BCUT2D eigenvalue weighted by Gasteiger charge is 1.98. The maximum Gasteiger partial charge on any atom is 0.0894 e. The van der Waals surface area contributed by atoms with Crippen LogP contribution in [0.3, 0.4) is 0 Å². The first-order valence-corrected chi connectivity index (χ1v) is 9.02. The summed E-state index contributed by atoms with van der Waals surface area (Å²) in [6.45, 7) is 0. The van der Waals surface area contributed by atoms with E-state index in [0.717, 1.165) is 33.4 Å². The molecule has 0 N–H and O–H groups in total. The largest absolute Gasteiger partial charge is 0.245 e. The van der Waals surface area contributed by atoms with Crippen molar-refractivity contribution in [2.24, 2.45) is 10.2 Å². The van der Waals surface area contributed by atoms with Gasteiger partial charge in [-0.1, -0.05) is 60.7 Å². The van der Waals surface area contributed by atoms with Crippen molar-refractivity contribution in [3.8, 4) is 0 Å². The molecule has 4 nitrogen and oxygen atoms in total. The second-order valence-corrected chi connectivity index (χ2v) is 6.07. The van der Waals surface area contributed by atoms with E-state index in [2.05, 4.69) is 20.2 Å². The lowest BCUT2D eigenvalue weighted by molar-refractivity contribution is 1.23. The quantitative estimate of drug-likeness (QED) is 0.254. The molecule has 28 heavy (non-hydrogen) atoms. The van der Waals surface area contributed by atoms with E-state index in [1.807, 2.05) is 109 Å². The summed E-state index contributed by atoms with van der Waals surface area (Å²) in [7, 11) is 0. The second-order valence-electron chi connectivity index (χ2n) is 6.07. The zero-order valence-electron chi connectivity index (χ0n) is 15.2. The lowest BCUT2D eigenvalue weighted by Gasteiger charge is -1.98. The first kappa shape index (κ1) is 17.5. The Bertz CT molecular complexity index is 1060. The molecule has 0 aliphatic heterocycles. The van der Waals surface area contributed by atoms with Gasteiger partial charge in [0.05, 0.1) is 33.4 Å². The third-order valence-electron chi connectivity index (χ3n) is 4.04. The lowest BCUT2D eigenvalue weighted by Crippen LogP contribution is -1.85. The fourth-order valence-corrected chi connectivity index (χ4v) is 2.67. The zero-order valence-corrected chi connectivity index (χ0v) is 15.2. The molecule has 0 aliphatic carbocycles. The van der Waals surface area contributed by atoms with Gasteiger partial charge in [-0.05, 0) is 48.5 Å². The van der Waals surface area contributed by atoms with E-state index in [9.17, 15) is 0 Å². The van der Waals surface area contributed by atoms with Crippen molar-refractivity contribution in [1.29, 1.82) is 0 Å². The first-order valence-electron chi connectivity index (χ1n) is 9.02. The van der Waals surface area contributed by atoms with Crippen LogP contribution >= 0.6 is 0 Å². The summed E-state index contributed by atoms with van der Waals surface area (Å²) in [5, 5.41) is 8.20. The van der Waals surface area contributed by atoms with Crippen LogP contribution in [0.5, 0.6) is 0 Å². The summed E-state index contributed by atoms with van der Waals surface area (Å²) >= 11 is 0. The normalized spacial score (nSPS) is 10.7. The van der Waals surface area contributed by atoms with E-state index in [0.29, 0.717) is 0 Å². The Kier molecular flexibility index (Phi) is 5.40. The van der Waals surface area contributed by atoms with Gasteiger partial charge in [0.1, 0.15) is 0 Å². The van der Waals surface area contributed by atoms with Crippen molar-refractivity contribution < 1.29 is 0 Å². The third kappa shape index (κ3) is 4.43. The Hall–Kier alpha value is -3.92. The third-order valence-corrected chi connectivity index (χ3v) is 4.04. The number of nitrogens with zero attached hydrogens (tertiary/aromatic N) is 4. The fraction of sp³-hybridized carbons (Fsp3) is 0. The highest BCUT2D eigenvalue weighted by molar-refractivity contribution is 5.85. The predicted octanol–water partition coefficient (Wildman–Crippen LogP) is 6.89.